The lowest BCUT2D eigenvalue weighted by Crippen LogP contribution is -2.21. The van der Waals surface area contributed by atoms with Crippen molar-refractivity contribution in [1.29, 1.82) is 0 Å². The van der Waals surface area contributed by atoms with Gasteiger partial charge in [0.2, 0.25) is 0 Å². The molecule has 0 saturated carbocycles. The van der Waals surface area contributed by atoms with Crippen LogP contribution in [0.1, 0.15) is 33.3 Å². The Morgan fingerprint density at radius 1 is 1.35 bits per heavy atom. The summed E-state index contributed by atoms with van der Waals surface area (Å²) in [5.74, 6) is -0.373. The van der Waals surface area contributed by atoms with Crippen molar-refractivity contribution in [2.24, 2.45) is 4.40 Å². The number of hydrogen-bond acceptors (Lipinski definition) is 3. The highest BCUT2D eigenvalue weighted by molar-refractivity contribution is 7.85. The number of hydrogen-bond donors (Lipinski definition) is 0. The summed E-state index contributed by atoms with van der Waals surface area (Å²) in [5.41, 5.74) is 2.68. The fourth-order valence-electron chi connectivity index (χ4n) is 2.31. The molecule has 0 aliphatic carbocycles. The summed E-state index contributed by atoms with van der Waals surface area (Å²) in [6, 6.07) is 6.12. The van der Waals surface area contributed by atoms with Crippen LogP contribution >= 0.6 is 11.6 Å². The Morgan fingerprint density at radius 3 is 2.73 bits per heavy atom. The van der Waals surface area contributed by atoms with E-state index in [0.29, 0.717) is 33.2 Å². The highest BCUT2D eigenvalue weighted by atomic mass is 35.5. The van der Waals surface area contributed by atoms with Crippen LogP contribution in [-0.2, 0) is 11.0 Å². The molecule has 2 aromatic heterocycles. The number of aromatic nitrogens is 3. The Bertz CT molecular complexity index is 1040. The highest BCUT2D eigenvalue weighted by Crippen LogP contribution is 2.27. The largest absolute Gasteiger partial charge is 0.234 e. The van der Waals surface area contributed by atoms with Gasteiger partial charge in [0.1, 0.15) is 21.8 Å². The van der Waals surface area contributed by atoms with E-state index in [0.717, 1.165) is 0 Å². The number of nitrogens with zero attached hydrogens (tertiary/aromatic N) is 4. The van der Waals surface area contributed by atoms with Crippen LogP contribution in [0.25, 0.3) is 16.9 Å². The molecule has 0 amide bonds. The molecule has 2 heterocycles. The maximum Gasteiger partial charge on any atom is 0.174 e. The van der Waals surface area contributed by atoms with E-state index in [4.69, 9.17) is 11.6 Å². The summed E-state index contributed by atoms with van der Waals surface area (Å²) in [7, 11) is -1.44. The predicted molar refractivity (Wildman–Crippen MR) is 103 cm³/mol. The van der Waals surface area contributed by atoms with Crippen molar-refractivity contribution in [1.82, 2.24) is 14.6 Å². The van der Waals surface area contributed by atoms with Gasteiger partial charge in [0.15, 0.2) is 5.65 Å². The third-order valence-corrected chi connectivity index (χ3v) is 5.44. The average molecular weight is 393 g/mol. The molecule has 8 heteroatoms. The first-order valence-electron chi connectivity index (χ1n) is 7.94. The first kappa shape index (κ1) is 18.7. The molecule has 5 nitrogen and oxygen atoms in total. The molecular formula is C18H18ClFN4OS. The zero-order chi connectivity index (χ0) is 19.1. The number of benzene rings is 1. The van der Waals surface area contributed by atoms with Crippen molar-refractivity contribution in [3.8, 4) is 11.3 Å². The molecule has 0 spiro atoms. The SMILES string of the molecule is C/C(=N\[S@](=O)C(C)(C)C)c1cn2ncc(Cl)c2nc1-c1cccc(F)c1. The molecule has 0 bridgehead atoms. The lowest BCUT2D eigenvalue weighted by atomic mass is 10.0. The van der Waals surface area contributed by atoms with Gasteiger partial charge in [0.05, 0.1) is 22.3 Å². The molecule has 0 aliphatic heterocycles. The Kier molecular flexibility index (Phi) is 4.94. The van der Waals surface area contributed by atoms with Crippen LogP contribution in [0.5, 0.6) is 0 Å². The van der Waals surface area contributed by atoms with Crippen molar-refractivity contribution < 1.29 is 8.60 Å². The summed E-state index contributed by atoms with van der Waals surface area (Å²) in [4.78, 5) is 4.56. The second-order valence-corrected chi connectivity index (χ2v) is 9.13. The van der Waals surface area contributed by atoms with E-state index in [2.05, 4.69) is 14.5 Å². The summed E-state index contributed by atoms with van der Waals surface area (Å²) in [6.07, 6.45) is 3.20. The van der Waals surface area contributed by atoms with E-state index < -0.39 is 15.7 Å². The van der Waals surface area contributed by atoms with E-state index >= 15 is 0 Å². The average Bonchev–Trinajstić information content (AvgIpc) is 2.93. The van der Waals surface area contributed by atoms with Crippen LogP contribution in [0.3, 0.4) is 0 Å². The van der Waals surface area contributed by atoms with E-state index in [-0.39, 0.29) is 5.82 Å². The zero-order valence-corrected chi connectivity index (χ0v) is 16.4. The van der Waals surface area contributed by atoms with Gasteiger partial charge in [-0.1, -0.05) is 23.7 Å². The Labute approximate surface area is 158 Å². The molecule has 0 fully saturated rings. The standard InChI is InChI=1S/C18H18ClFN4OS/c1-11(23-26(25)18(2,3)4)14-10-24-17(15(19)9-21-24)22-16(14)12-6-5-7-13(20)8-12/h5-10H,1-4H3/b23-11+/t26-/m1/s1. The van der Waals surface area contributed by atoms with E-state index in [1.807, 2.05) is 20.8 Å². The van der Waals surface area contributed by atoms with Crippen molar-refractivity contribution in [3.05, 3.63) is 53.1 Å². The van der Waals surface area contributed by atoms with Gasteiger partial charge in [-0.3, -0.25) is 0 Å². The van der Waals surface area contributed by atoms with Crippen LogP contribution in [0, 0.1) is 5.82 Å². The normalized spacial score (nSPS) is 14.0. The topological polar surface area (TPSA) is 59.6 Å². The van der Waals surface area contributed by atoms with Crippen molar-refractivity contribution in [2.75, 3.05) is 0 Å². The smallest absolute Gasteiger partial charge is 0.174 e. The summed E-state index contributed by atoms with van der Waals surface area (Å²) in [6.45, 7) is 7.30. The fraction of sp³-hybridized carbons (Fsp3) is 0.278. The van der Waals surface area contributed by atoms with E-state index in [9.17, 15) is 8.60 Å². The van der Waals surface area contributed by atoms with E-state index in [1.165, 1.54) is 22.8 Å². The van der Waals surface area contributed by atoms with Gasteiger partial charge in [-0.25, -0.2) is 18.1 Å². The quantitative estimate of drug-likeness (QED) is 0.618. The molecule has 1 atom stereocenters. The molecule has 0 N–H and O–H groups in total. The molecule has 0 saturated heterocycles. The molecule has 3 rings (SSSR count). The lowest BCUT2D eigenvalue weighted by molar-refractivity contribution is 0.628. The minimum Gasteiger partial charge on any atom is -0.234 e. The lowest BCUT2D eigenvalue weighted by Gasteiger charge is -2.15. The van der Waals surface area contributed by atoms with Crippen molar-refractivity contribution in [2.45, 2.75) is 32.4 Å². The third-order valence-electron chi connectivity index (χ3n) is 3.68. The molecule has 3 aromatic rings. The summed E-state index contributed by atoms with van der Waals surface area (Å²) < 4.78 is 31.5. The van der Waals surface area contributed by atoms with Crippen LogP contribution in [0.4, 0.5) is 4.39 Å². The second-order valence-electron chi connectivity index (χ2n) is 6.81. The number of rotatable bonds is 3. The second kappa shape index (κ2) is 6.89. The monoisotopic (exact) mass is 392 g/mol. The summed E-state index contributed by atoms with van der Waals surface area (Å²) >= 11 is 6.14. The van der Waals surface area contributed by atoms with Gasteiger partial charge < -0.3 is 0 Å². The minimum absolute atomic E-state index is 0.373. The molecule has 0 radical (unpaired) electrons. The molecule has 1 aromatic carbocycles. The van der Waals surface area contributed by atoms with Crippen LogP contribution < -0.4 is 0 Å². The minimum atomic E-state index is -1.44. The highest BCUT2D eigenvalue weighted by Gasteiger charge is 2.21. The molecule has 0 aliphatic rings. The van der Waals surface area contributed by atoms with Crippen molar-refractivity contribution >= 4 is 33.9 Å². The predicted octanol–water partition coefficient (Wildman–Crippen LogP) is 4.46. The first-order valence-corrected chi connectivity index (χ1v) is 9.43. The molecule has 136 valence electrons. The van der Waals surface area contributed by atoms with Crippen LogP contribution in [-0.4, -0.2) is 29.3 Å². The summed E-state index contributed by atoms with van der Waals surface area (Å²) in [5, 5.41) is 4.55. The van der Waals surface area contributed by atoms with Gasteiger partial charge in [0, 0.05) is 17.3 Å². The van der Waals surface area contributed by atoms with Gasteiger partial charge in [0.25, 0.3) is 0 Å². The van der Waals surface area contributed by atoms with Gasteiger partial charge >= 0.3 is 0 Å². The number of halogens is 2. The zero-order valence-electron chi connectivity index (χ0n) is 14.8. The number of fused-ring (bicyclic) bond motifs is 1. The maximum atomic E-state index is 13.7. The molecular weight excluding hydrogens is 375 g/mol. The molecule has 26 heavy (non-hydrogen) atoms. The van der Waals surface area contributed by atoms with Crippen LogP contribution in [0.2, 0.25) is 5.02 Å². The Morgan fingerprint density at radius 2 is 2.08 bits per heavy atom. The van der Waals surface area contributed by atoms with Crippen LogP contribution in [0.15, 0.2) is 41.1 Å². The van der Waals surface area contributed by atoms with Gasteiger partial charge in [-0.05, 0) is 39.8 Å². The van der Waals surface area contributed by atoms with Gasteiger partial charge in [-0.15, -0.1) is 0 Å². The maximum absolute atomic E-state index is 13.7. The first-order chi connectivity index (χ1) is 12.2. The Hall–Kier alpha value is -2.12. The van der Waals surface area contributed by atoms with Crippen molar-refractivity contribution in [3.63, 3.8) is 0 Å². The van der Waals surface area contributed by atoms with Gasteiger partial charge in [-0.2, -0.15) is 9.50 Å². The third kappa shape index (κ3) is 3.68. The fourth-order valence-corrected chi connectivity index (χ4v) is 3.11. The van der Waals surface area contributed by atoms with E-state index in [1.54, 1.807) is 25.3 Å². The molecule has 0 unspecified atom stereocenters. The Balaban J connectivity index is 2.24.